The number of rotatable bonds is 6. The number of carbonyl (C=O) groups excluding carboxylic acids is 3. The zero-order chi connectivity index (χ0) is 23.3. The van der Waals surface area contributed by atoms with E-state index in [1.807, 2.05) is 30.3 Å². The molecule has 2 heterocycles. The Morgan fingerprint density at radius 3 is 2.41 bits per heavy atom. The Kier molecular flexibility index (Phi) is 10.5. The number of pyridine rings is 1. The molecule has 0 spiro atoms. The van der Waals surface area contributed by atoms with Crippen molar-refractivity contribution in [3.05, 3.63) is 66.0 Å². The van der Waals surface area contributed by atoms with E-state index in [0.29, 0.717) is 18.5 Å². The van der Waals surface area contributed by atoms with Crippen LogP contribution in [0.5, 0.6) is 0 Å². The molecule has 2 unspecified atom stereocenters. The quantitative estimate of drug-likeness (QED) is 0.370. The molecule has 1 amide bonds. The van der Waals surface area contributed by atoms with E-state index >= 15 is 0 Å². The predicted molar refractivity (Wildman–Crippen MR) is 117 cm³/mol. The molecule has 1 aliphatic heterocycles. The standard InChI is InChI=1S/C22H24N2O6.CH3Cl/c1-28-21(26)19(16-7-3-2-4-8-16)18-9-5-6-14-24(18)22(27)30-15-29-20(25)17-10-12-23-13-11-17;1-2/h2-4,7-8,10-13,18-19H,5-6,9,14-15H2,1H3;1H3/p+1. The molecule has 8 nitrogen and oxygen atoms in total. The highest BCUT2D eigenvalue weighted by atomic mass is 35.5. The van der Waals surface area contributed by atoms with E-state index in [1.54, 1.807) is 24.5 Å². The van der Waals surface area contributed by atoms with Crippen molar-refractivity contribution < 1.29 is 33.6 Å². The number of benzene rings is 1. The second-order valence-corrected chi connectivity index (χ2v) is 6.92. The van der Waals surface area contributed by atoms with Gasteiger partial charge in [0.15, 0.2) is 12.4 Å². The average molecular weight is 464 g/mol. The van der Waals surface area contributed by atoms with E-state index in [2.05, 4.69) is 16.6 Å². The molecule has 0 bridgehead atoms. The van der Waals surface area contributed by atoms with E-state index in [-0.39, 0.29) is 0 Å². The van der Waals surface area contributed by atoms with Crippen LogP contribution in [0.15, 0.2) is 54.9 Å². The lowest BCUT2D eigenvalue weighted by Crippen LogP contribution is -2.49. The maximum atomic E-state index is 12.7. The molecule has 1 N–H and O–H groups in total. The summed E-state index contributed by atoms with van der Waals surface area (Å²) in [5.41, 5.74) is 1.12. The van der Waals surface area contributed by atoms with Gasteiger partial charge in [-0.25, -0.2) is 14.6 Å². The van der Waals surface area contributed by atoms with E-state index < -0.39 is 36.8 Å². The molecular formula is C23H28ClN2O6+. The Labute approximate surface area is 192 Å². The Morgan fingerprint density at radius 2 is 1.75 bits per heavy atom. The molecule has 0 radical (unpaired) electrons. The van der Waals surface area contributed by atoms with Crippen molar-refractivity contribution in [3.8, 4) is 0 Å². The van der Waals surface area contributed by atoms with Crippen LogP contribution in [0.1, 0.15) is 41.1 Å². The lowest BCUT2D eigenvalue weighted by molar-refractivity contribution is -0.378. The van der Waals surface area contributed by atoms with Crippen molar-refractivity contribution in [3.63, 3.8) is 0 Å². The summed E-state index contributed by atoms with van der Waals surface area (Å²) in [6, 6.07) is 12.0. The third kappa shape index (κ3) is 6.68. The summed E-state index contributed by atoms with van der Waals surface area (Å²) in [6.45, 7) is -0.0555. The largest absolute Gasteiger partial charge is 0.468 e. The molecule has 1 aromatic carbocycles. The molecule has 2 aromatic rings. The first kappa shape index (κ1) is 25.1. The Bertz CT molecular complexity index is 865. The van der Waals surface area contributed by atoms with E-state index in [0.717, 1.165) is 18.4 Å². The summed E-state index contributed by atoms with van der Waals surface area (Å²) in [5.74, 6) is -1.62. The number of alkyl halides is 1. The second kappa shape index (κ2) is 13.3. The number of nitrogens with one attached hydrogen (secondary N) is 1. The summed E-state index contributed by atoms with van der Waals surface area (Å²) >= 11 is 4.64. The fourth-order valence-corrected chi connectivity index (χ4v) is 3.66. The number of likely N-dealkylation sites (tertiary alicyclic amines) is 1. The number of H-pyrrole nitrogens is 1. The molecule has 32 heavy (non-hydrogen) atoms. The summed E-state index contributed by atoms with van der Waals surface area (Å²) < 4.78 is 15.2. The topological polar surface area (TPSA) is 96.3 Å². The molecule has 172 valence electrons. The van der Waals surface area contributed by atoms with Gasteiger partial charge in [0.2, 0.25) is 6.79 Å². The van der Waals surface area contributed by atoms with Gasteiger partial charge in [0, 0.05) is 25.1 Å². The number of piperidine rings is 1. The van der Waals surface area contributed by atoms with Crippen LogP contribution < -0.4 is 4.98 Å². The maximum absolute atomic E-state index is 12.7. The number of aromatic amines is 1. The smallest absolute Gasteiger partial charge is 0.412 e. The van der Waals surface area contributed by atoms with E-state index in [4.69, 9.17) is 14.2 Å². The van der Waals surface area contributed by atoms with Crippen molar-refractivity contribution in [2.75, 3.05) is 26.8 Å². The maximum Gasteiger partial charge on any atom is 0.412 e. The number of methoxy groups -OCH3 is 1. The lowest BCUT2D eigenvalue weighted by Gasteiger charge is -2.38. The zero-order valence-electron chi connectivity index (χ0n) is 18.2. The van der Waals surface area contributed by atoms with Crippen molar-refractivity contribution in [1.29, 1.82) is 0 Å². The highest BCUT2D eigenvalue weighted by Gasteiger charge is 2.39. The predicted octanol–water partition coefficient (Wildman–Crippen LogP) is 3.42. The van der Waals surface area contributed by atoms with Crippen molar-refractivity contribution in [2.45, 2.75) is 31.2 Å². The first-order chi connectivity index (χ1) is 15.6. The number of hydrogen-bond donors (Lipinski definition) is 0. The molecule has 2 atom stereocenters. The minimum atomic E-state index is -0.626. The highest BCUT2D eigenvalue weighted by Crippen LogP contribution is 2.32. The molecule has 1 fully saturated rings. The van der Waals surface area contributed by atoms with Crippen molar-refractivity contribution in [2.24, 2.45) is 0 Å². The molecular weight excluding hydrogens is 436 g/mol. The van der Waals surface area contributed by atoms with Crippen LogP contribution in [0, 0.1) is 0 Å². The molecule has 0 aliphatic carbocycles. The van der Waals surface area contributed by atoms with E-state index in [9.17, 15) is 14.4 Å². The van der Waals surface area contributed by atoms with Crippen LogP contribution in [0.4, 0.5) is 4.79 Å². The van der Waals surface area contributed by atoms with Crippen LogP contribution in [0.3, 0.4) is 0 Å². The van der Waals surface area contributed by atoms with Gasteiger partial charge < -0.3 is 19.1 Å². The number of aromatic nitrogens is 1. The van der Waals surface area contributed by atoms with Gasteiger partial charge in [0.05, 0.1) is 18.7 Å². The minimum absolute atomic E-state index is 0.343. The van der Waals surface area contributed by atoms with Gasteiger partial charge in [-0.15, -0.1) is 11.6 Å². The van der Waals surface area contributed by atoms with Gasteiger partial charge in [-0.3, -0.25) is 4.79 Å². The zero-order valence-corrected chi connectivity index (χ0v) is 18.9. The Hall–Kier alpha value is -3.13. The van der Waals surface area contributed by atoms with Gasteiger partial charge in [-0.1, -0.05) is 30.3 Å². The van der Waals surface area contributed by atoms with Crippen molar-refractivity contribution in [1.82, 2.24) is 4.90 Å². The number of ether oxygens (including phenoxy) is 3. The summed E-state index contributed by atoms with van der Waals surface area (Å²) in [7, 11) is 1.34. The lowest BCUT2D eigenvalue weighted by atomic mass is 9.85. The van der Waals surface area contributed by atoms with Crippen LogP contribution in [-0.2, 0) is 19.0 Å². The number of carbonyl (C=O) groups is 3. The molecule has 0 saturated carbocycles. The fourth-order valence-electron chi connectivity index (χ4n) is 3.66. The molecule has 9 heteroatoms. The Morgan fingerprint density at radius 1 is 1.06 bits per heavy atom. The normalized spacial score (nSPS) is 16.1. The molecule has 3 rings (SSSR count). The number of hydrogen-bond acceptors (Lipinski definition) is 6. The minimum Gasteiger partial charge on any atom is -0.468 e. The SMILES string of the molecule is CCl.COC(=O)C(c1ccccc1)C1CCCCN1C(=O)OCOC(=O)c1cc[nH+]cc1. The Balaban J connectivity index is 0.00000176. The average Bonchev–Trinajstić information content (AvgIpc) is 2.86. The van der Waals surface area contributed by atoms with Crippen LogP contribution in [0.25, 0.3) is 0 Å². The second-order valence-electron chi connectivity index (χ2n) is 6.92. The fraction of sp³-hybridized carbons (Fsp3) is 0.391. The highest BCUT2D eigenvalue weighted by molar-refractivity contribution is 6.15. The first-order valence-electron chi connectivity index (χ1n) is 10.2. The van der Waals surface area contributed by atoms with Crippen molar-refractivity contribution >= 4 is 29.6 Å². The number of halogens is 1. The number of esters is 2. The van der Waals surface area contributed by atoms with Gasteiger partial charge in [-0.2, -0.15) is 0 Å². The monoisotopic (exact) mass is 463 g/mol. The number of amides is 1. The van der Waals surface area contributed by atoms with Crippen LogP contribution >= 0.6 is 11.6 Å². The molecule has 1 aliphatic rings. The summed E-state index contributed by atoms with van der Waals surface area (Å²) in [4.78, 5) is 41.6. The van der Waals surface area contributed by atoms with E-state index in [1.165, 1.54) is 18.4 Å². The van der Waals surface area contributed by atoms with Gasteiger partial charge >= 0.3 is 18.0 Å². The van der Waals surface area contributed by atoms with Gasteiger partial charge in [0.25, 0.3) is 0 Å². The van der Waals surface area contributed by atoms with Gasteiger partial charge in [-0.05, 0) is 24.8 Å². The third-order valence-corrected chi connectivity index (χ3v) is 5.11. The van der Waals surface area contributed by atoms with Crippen LogP contribution in [-0.4, -0.2) is 55.8 Å². The third-order valence-electron chi connectivity index (χ3n) is 5.11. The van der Waals surface area contributed by atoms with Crippen LogP contribution in [0.2, 0.25) is 0 Å². The van der Waals surface area contributed by atoms with Gasteiger partial charge in [0.1, 0.15) is 5.92 Å². The first-order valence-corrected chi connectivity index (χ1v) is 10.9. The number of nitrogens with zero attached hydrogens (tertiary/aromatic N) is 1. The summed E-state index contributed by atoms with van der Waals surface area (Å²) in [6.07, 6.45) is 6.36. The molecule has 1 saturated heterocycles. The summed E-state index contributed by atoms with van der Waals surface area (Å²) in [5, 5.41) is 0. The molecule has 1 aromatic heterocycles.